The molecule has 0 fully saturated rings. The van der Waals surface area contributed by atoms with Gasteiger partial charge in [0.05, 0.1) is 29.1 Å². The number of allylic oxidation sites excluding steroid dienone is 3. The standard InChI is InChI=1S/C56H41N3/c1-2-3-27-51(57)52-34-49-48-32-39(29-31-53(48)59(54(49)35-58-52)40-19-5-4-6-20-40)38-28-30-47-50(33-38)56(44-26-14-18-37-16-8-10-22-42(37)44)46-24-12-11-23-45(46)55(47)43-25-13-17-36-15-7-9-21-41(36)43/h2-34,58H,35,57H2,1H3/b3-2-,51-27-. The third kappa shape index (κ3) is 5.66. The van der Waals surface area contributed by atoms with Gasteiger partial charge in [0.1, 0.15) is 0 Å². The molecule has 0 spiro atoms. The fraction of sp³-hybridized carbons (Fsp3) is 0.0357. The maximum Gasteiger partial charge on any atom is 0.0584 e. The quantitative estimate of drug-likeness (QED) is 0.131. The zero-order valence-corrected chi connectivity index (χ0v) is 32.8. The molecule has 0 amide bonds. The molecule has 0 aliphatic carbocycles. The number of para-hydroxylation sites is 1. The van der Waals surface area contributed by atoms with Crippen LogP contribution in [0.15, 0.2) is 206 Å². The lowest BCUT2D eigenvalue weighted by Crippen LogP contribution is -2.23. The summed E-state index contributed by atoms with van der Waals surface area (Å²) in [4.78, 5) is 0. The Kier molecular flexibility index (Phi) is 8.27. The van der Waals surface area contributed by atoms with E-state index in [9.17, 15) is 0 Å². The zero-order chi connectivity index (χ0) is 39.5. The first-order valence-electron chi connectivity index (χ1n) is 20.4. The van der Waals surface area contributed by atoms with Gasteiger partial charge in [-0.25, -0.2) is 0 Å². The van der Waals surface area contributed by atoms with Crippen molar-refractivity contribution in [3.63, 3.8) is 0 Å². The maximum absolute atomic E-state index is 6.62. The molecule has 1 aliphatic heterocycles. The minimum Gasteiger partial charge on any atom is -0.397 e. The predicted molar refractivity (Wildman–Crippen MR) is 252 cm³/mol. The molecule has 2 heterocycles. The fourth-order valence-corrected chi connectivity index (χ4v) is 9.43. The predicted octanol–water partition coefficient (Wildman–Crippen LogP) is 14.1. The number of fused-ring (bicyclic) bond motifs is 7. The van der Waals surface area contributed by atoms with E-state index < -0.39 is 0 Å². The summed E-state index contributed by atoms with van der Waals surface area (Å²) >= 11 is 0. The van der Waals surface area contributed by atoms with Crippen molar-refractivity contribution in [3.8, 4) is 39.1 Å². The third-order valence-electron chi connectivity index (χ3n) is 12.1. The lowest BCUT2D eigenvalue weighted by molar-refractivity contribution is 0.765. The summed E-state index contributed by atoms with van der Waals surface area (Å²) in [6.45, 7) is 2.67. The topological polar surface area (TPSA) is 43.0 Å². The van der Waals surface area contributed by atoms with Gasteiger partial charge in [-0.05, 0) is 126 Å². The Bertz CT molecular complexity index is 3390. The number of nitrogens with two attached hydrogens (primary N) is 1. The van der Waals surface area contributed by atoms with Crippen LogP contribution in [-0.2, 0) is 6.54 Å². The highest BCUT2D eigenvalue weighted by atomic mass is 15.0. The van der Waals surface area contributed by atoms with Crippen molar-refractivity contribution < 1.29 is 0 Å². The number of hydrogen-bond acceptors (Lipinski definition) is 2. The second-order valence-electron chi connectivity index (χ2n) is 15.4. The van der Waals surface area contributed by atoms with E-state index >= 15 is 0 Å². The van der Waals surface area contributed by atoms with E-state index in [1.165, 1.54) is 98.6 Å². The average Bonchev–Trinajstić information content (AvgIpc) is 3.63. The number of aromatic nitrogens is 1. The largest absolute Gasteiger partial charge is 0.397 e. The Morgan fingerprint density at radius 1 is 0.542 bits per heavy atom. The molecular formula is C56H41N3. The summed E-state index contributed by atoms with van der Waals surface area (Å²) in [5.41, 5.74) is 20.3. The van der Waals surface area contributed by atoms with Gasteiger partial charge in [-0.15, -0.1) is 0 Å². The molecule has 10 aromatic rings. The van der Waals surface area contributed by atoms with E-state index in [4.69, 9.17) is 5.73 Å². The summed E-state index contributed by atoms with van der Waals surface area (Å²) in [6.07, 6.45) is 8.17. The smallest absolute Gasteiger partial charge is 0.0584 e. The second-order valence-corrected chi connectivity index (χ2v) is 15.4. The van der Waals surface area contributed by atoms with E-state index in [0.29, 0.717) is 6.54 Å². The lowest BCUT2D eigenvalue weighted by atomic mass is 9.83. The highest BCUT2D eigenvalue weighted by molar-refractivity contribution is 6.25. The van der Waals surface area contributed by atoms with Crippen molar-refractivity contribution in [3.05, 3.63) is 217 Å². The summed E-state index contributed by atoms with van der Waals surface area (Å²) < 4.78 is 2.39. The number of nitrogens with one attached hydrogen (secondary N) is 1. The fourth-order valence-electron chi connectivity index (χ4n) is 9.43. The van der Waals surface area contributed by atoms with Gasteiger partial charge >= 0.3 is 0 Å². The van der Waals surface area contributed by atoms with Gasteiger partial charge in [-0.2, -0.15) is 0 Å². The van der Waals surface area contributed by atoms with E-state index in [0.717, 1.165) is 17.1 Å². The molecule has 0 radical (unpaired) electrons. The molecule has 11 rings (SSSR count). The van der Waals surface area contributed by atoms with E-state index in [-0.39, 0.29) is 0 Å². The van der Waals surface area contributed by atoms with Crippen LogP contribution in [0.5, 0.6) is 0 Å². The first-order valence-corrected chi connectivity index (χ1v) is 20.4. The van der Waals surface area contributed by atoms with Crippen molar-refractivity contribution in [1.29, 1.82) is 0 Å². The molecule has 3 N–H and O–H groups in total. The molecule has 59 heavy (non-hydrogen) atoms. The molecule has 280 valence electrons. The van der Waals surface area contributed by atoms with E-state index in [1.54, 1.807) is 0 Å². The lowest BCUT2D eigenvalue weighted by Gasteiger charge is -2.20. The molecule has 0 atom stereocenters. The van der Waals surface area contributed by atoms with Gasteiger partial charge in [0.25, 0.3) is 0 Å². The van der Waals surface area contributed by atoms with Crippen LogP contribution in [0.4, 0.5) is 0 Å². The summed E-state index contributed by atoms with van der Waals surface area (Å²) in [5.74, 6) is 0. The minimum absolute atomic E-state index is 0.666. The Balaban J connectivity index is 1.21. The van der Waals surface area contributed by atoms with Gasteiger partial charge < -0.3 is 15.6 Å². The van der Waals surface area contributed by atoms with Crippen LogP contribution in [0.1, 0.15) is 18.2 Å². The van der Waals surface area contributed by atoms with Crippen LogP contribution < -0.4 is 11.1 Å². The molecule has 0 saturated heterocycles. The Morgan fingerprint density at radius 2 is 1.08 bits per heavy atom. The highest BCUT2D eigenvalue weighted by Crippen LogP contribution is 2.48. The van der Waals surface area contributed by atoms with Gasteiger partial charge in [0, 0.05) is 16.6 Å². The van der Waals surface area contributed by atoms with Gasteiger partial charge in [-0.3, -0.25) is 0 Å². The SMILES string of the molecule is C/C=C\C=C(/N)C1=Cc2c(n(-c3ccccc3)c3ccc(-c4ccc5c(-c6cccc7ccccc67)c6ccccc6c(-c6cccc7ccccc67)c5c4)cc23)CN1. The molecule has 1 aromatic heterocycles. The van der Waals surface area contributed by atoms with Gasteiger partial charge in [0.2, 0.25) is 0 Å². The van der Waals surface area contributed by atoms with Gasteiger partial charge in [0.15, 0.2) is 0 Å². The average molecular weight is 756 g/mol. The van der Waals surface area contributed by atoms with Crippen molar-refractivity contribution in [2.45, 2.75) is 13.5 Å². The minimum atomic E-state index is 0.666. The maximum atomic E-state index is 6.62. The number of nitrogens with zero attached hydrogens (tertiary/aromatic N) is 1. The Morgan fingerprint density at radius 3 is 1.75 bits per heavy atom. The molecule has 3 heteroatoms. The molecule has 0 bridgehead atoms. The van der Waals surface area contributed by atoms with E-state index in [2.05, 4.69) is 192 Å². The summed E-state index contributed by atoms with van der Waals surface area (Å²) in [6, 6.07) is 64.7. The highest BCUT2D eigenvalue weighted by Gasteiger charge is 2.24. The molecule has 9 aromatic carbocycles. The number of rotatable bonds is 6. The van der Waals surface area contributed by atoms with Crippen LogP contribution in [0.3, 0.4) is 0 Å². The van der Waals surface area contributed by atoms with Crippen LogP contribution in [0.25, 0.3) is 99.1 Å². The van der Waals surface area contributed by atoms with Gasteiger partial charge in [-0.1, -0.05) is 158 Å². The third-order valence-corrected chi connectivity index (χ3v) is 12.1. The molecule has 0 unspecified atom stereocenters. The Hall–Kier alpha value is -7.62. The summed E-state index contributed by atoms with van der Waals surface area (Å²) in [7, 11) is 0. The van der Waals surface area contributed by atoms with Crippen LogP contribution in [-0.4, -0.2) is 4.57 Å². The molecule has 3 nitrogen and oxygen atoms in total. The first-order chi connectivity index (χ1) is 29.2. The van der Waals surface area contributed by atoms with Crippen molar-refractivity contribution >= 4 is 60.1 Å². The molecular weight excluding hydrogens is 715 g/mol. The first kappa shape index (κ1) is 34.6. The van der Waals surface area contributed by atoms with Crippen molar-refractivity contribution in [2.75, 3.05) is 0 Å². The monoisotopic (exact) mass is 755 g/mol. The normalized spacial score (nSPS) is 13.1. The zero-order valence-electron chi connectivity index (χ0n) is 32.8. The van der Waals surface area contributed by atoms with Crippen molar-refractivity contribution in [1.82, 2.24) is 9.88 Å². The van der Waals surface area contributed by atoms with Crippen LogP contribution >= 0.6 is 0 Å². The van der Waals surface area contributed by atoms with E-state index in [1.807, 2.05) is 25.2 Å². The summed E-state index contributed by atoms with van der Waals surface area (Å²) in [5, 5.41) is 14.8. The molecule has 1 aliphatic rings. The molecule has 0 saturated carbocycles. The van der Waals surface area contributed by atoms with Crippen LogP contribution in [0.2, 0.25) is 0 Å². The number of benzene rings is 9. The van der Waals surface area contributed by atoms with Crippen LogP contribution in [0, 0.1) is 0 Å². The second kappa shape index (κ2) is 14.1. The Labute approximate surface area is 343 Å². The van der Waals surface area contributed by atoms with Crippen molar-refractivity contribution in [2.24, 2.45) is 5.73 Å². The number of hydrogen-bond donors (Lipinski definition) is 2.